The van der Waals surface area contributed by atoms with Crippen LogP contribution in [0.3, 0.4) is 0 Å². The molecule has 0 aliphatic heterocycles. The second kappa shape index (κ2) is 5.38. The molecule has 0 saturated heterocycles. The van der Waals surface area contributed by atoms with E-state index in [0.717, 1.165) is 6.20 Å². The van der Waals surface area contributed by atoms with Crippen molar-refractivity contribution in [3.63, 3.8) is 0 Å². The van der Waals surface area contributed by atoms with E-state index in [9.17, 15) is 13.8 Å². The standard InChI is InChI=1S/C9H13FN3O5P/c10-7-3-11-9(14)13-8(7)12-6-1-5(2-6)4-18-19(15,16)17/h3,5-6H,1-2,4H2,(H2,15,16,17)(H2,11,12,13,14)/t5-,6+. The molecule has 2 rings (SSSR count). The zero-order valence-corrected chi connectivity index (χ0v) is 10.6. The minimum Gasteiger partial charge on any atom is -0.365 e. The van der Waals surface area contributed by atoms with Gasteiger partial charge in [0.2, 0.25) is 0 Å². The maximum atomic E-state index is 13.3. The highest BCUT2D eigenvalue weighted by molar-refractivity contribution is 7.46. The van der Waals surface area contributed by atoms with Crippen molar-refractivity contribution >= 4 is 13.6 Å². The molecule has 10 heteroatoms. The molecule has 1 aromatic rings. The van der Waals surface area contributed by atoms with Crippen LogP contribution in [0.4, 0.5) is 10.2 Å². The van der Waals surface area contributed by atoms with Crippen molar-refractivity contribution in [1.82, 2.24) is 9.97 Å². The molecule has 1 aromatic heterocycles. The molecule has 0 unspecified atom stereocenters. The largest absolute Gasteiger partial charge is 0.469 e. The highest BCUT2D eigenvalue weighted by Crippen LogP contribution is 2.39. The summed E-state index contributed by atoms with van der Waals surface area (Å²) in [5.74, 6) is -0.784. The third-order valence-corrected chi connectivity index (χ3v) is 3.30. The monoisotopic (exact) mass is 293 g/mol. The van der Waals surface area contributed by atoms with Crippen LogP contribution >= 0.6 is 7.82 Å². The van der Waals surface area contributed by atoms with E-state index in [1.54, 1.807) is 0 Å². The molecule has 19 heavy (non-hydrogen) atoms. The highest BCUT2D eigenvalue weighted by Gasteiger charge is 2.31. The van der Waals surface area contributed by atoms with Crippen LogP contribution in [-0.2, 0) is 9.09 Å². The predicted molar refractivity (Wildman–Crippen MR) is 62.9 cm³/mol. The molecule has 4 N–H and O–H groups in total. The summed E-state index contributed by atoms with van der Waals surface area (Å²) < 4.78 is 28.1. The summed E-state index contributed by atoms with van der Waals surface area (Å²) in [6.07, 6.45) is 2.05. The summed E-state index contributed by atoms with van der Waals surface area (Å²) in [5.41, 5.74) is -0.649. The molecule has 0 amide bonds. The zero-order valence-electron chi connectivity index (χ0n) is 9.74. The first-order valence-electron chi connectivity index (χ1n) is 5.55. The van der Waals surface area contributed by atoms with Crippen molar-refractivity contribution < 1.29 is 23.3 Å². The van der Waals surface area contributed by atoms with Crippen molar-refractivity contribution in [1.29, 1.82) is 0 Å². The molecule has 8 nitrogen and oxygen atoms in total. The van der Waals surface area contributed by atoms with Crippen LogP contribution in [0.25, 0.3) is 0 Å². The fraction of sp³-hybridized carbons (Fsp3) is 0.556. The molecule has 106 valence electrons. The molecule has 1 saturated carbocycles. The van der Waals surface area contributed by atoms with Crippen molar-refractivity contribution in [2.75, 3.05) is 11.9 Å². The number of phosphoric acid groups is 1. The zero-order chi connectivity index (χ0) is 14.0. The molecule has 1 aliphatic carbocycles. The maximum absolute atomic E-state index is 13.3. The number of H-pyrrole nitrogens is 1. The first-order chi connectivity index (χ1) is 8.83. The quantitative estimate of drug-likeness (QED) is 0.572. The van der Waals surface area contributed by atoms with Gasteiger partial charge < -0.3 is 20.1 Å². The molecule has 0 bridgehead atoms. The minimum absolute atomic E-state index is 0.00446. The van der Waals surface area contributed by atoms with Gasteiger partial charge in [0.05, 0.1) is 6.61 Å². The molecule has 0 aromatic carbocycles. The molecule has 1 fully saturated rings. The van der Waals surface area contributed by atoms with Crippen LogP contribution in [0, 0.1) is 11.7 Å². The van der Waals surface area contributed by atoms with Crippen LogP contribution < -0.4 is 11.0 Å². The van der Waals surface area contributed by atoms with Gasteiger partial charge in [0, 0.05) is 12.2 Å². The molecule has 1 aliphatic rings. The Balaban J connectivity index is 1.80. The number of aromatic amines is 1. The van der Waals surface area contributed by atoms with E-state index < -0.39 is 19.3 Å². The Morgan fingerprint density at radius 2 is 2.26 bits per heavy atom. The second-order valence-electron chi connectivity index (χ2n) is 4.37. The van der Waals surface area contributed by atoms with Crippen molar-refractivity contribution in [3.8, 4) is 0 Å². The molecular weight excluding hydrogens is 280 g/mol. The number of nitrogens with zero attached hydrogens (tertiary/aromatic N) is 1. The Hall–Kier alpha value is -1.28. The minimum atomic E-state index is -4.44. The maximum Gasteiger partial charge on any atom is 0.469 e. The number of aromatic nitrogens is 2. The normalized spacial score (nSPS) is 22.9. The van der Waals surface area contributed by atoms with Gasteiger partial charge >= 0.3 is 13.5 Å². The van der Waals surface area contributed by atoms with E-state index >= 15 is 0 Å². The summed E-state index contributed by atoms with van der Waals surface area (Å²) in [6.45, 7) is -0.0479. The average molecular weight is 293 g/mol. The number of nitrogens with one attached hydrogen (secondary N) is 2. The SMILES string of the molecule is O=c1nc(N[C@H]2C[C@@H](COP(=O)(O)O)C2)c(F)c[nH]1. The Morgan fingerprint density at radius 1 is 1.58 bits per heavy atom. The summed E-state index contributed by atoms with van der Waals surface area (Å²) in [5, 5.41) is 2.76. The van der Waals surface area contributed by atoms with Crippen LogP contribution in [-0.4, -0.2) is 32.4 Å². The summed E-state index contributed by atoms with van der Waals surface area (Å²) in [6, 6.07) is -0.0887. The molecule has 0 radical (unpaired) electrons. The highest BCUT2D eigenvalue weighted by atomic mass is 31.2. The lowest BCUT2D eigenvalue weighted by Gasteiger charge is -2.35. The lowest BCUT2D eigenvalue weighted by molar-refractivity contribution is 0.126. The van der Waals surface area contributed by atoms with Crippen molar-refractivity contribution in [2.45, 2.75) is 18.9 Å². The number of hydrogen-bond acceptors (Lipinski definition) is 5. The topological polar surface area (TPSA) is 125 Å². The lowest BCUT2D eigenvalue weighted by atomic mass is 9.81. The first-order valence-corrected chi connectivity index (χ1v) is 7.08. The van der Waals surface area contributed by atoms with Gasteiger partial charge in [-0.25, -0.2) is 13.8 Å². The lowest BCUT2D eigenvalue weighted by Crippen LogP contribution is -2.38. The van der Waals surface area contributed by atoms with Gasteiger partial charge in [-0.1, -0.05) is 0 Å². The molecular formula is C9H13FN3O5P. The van der Waals surface area contributed by atoms with E-state index in [0.29, 0.717) is 12.8 Å². The van der Waals surface area contributed by atoms with E-state index in [1.165, 1.54) is 0 Å². The fourth-order valence-electron chi connectivity index (χ4n) is 1.87. The van der Waals surface area contributed by atoms with E-state index in [2.05, 4.69) is 19.8 Å². The Kier molecular flexibility index (Phi) is 4.00. The number of hydrogen-bond donors (Lipinski definition) is 4. The summed E-state index contributed by atoms with van der Waals surface area (Å²) >= 11 is 0. The van der Waals surface area contributed by atoms with Crippen LogP contribution in [0.5, 0.6) is 0 Å². The van der Waals surface area contributed by atoms with Crippen LogP contribution in [0.2, 0.25) is 0 Å². The van der Waals surface area contributed by atoms with Gasteiger partial charge in [-0.2, -0.15) is 4.98 Å². The van der Waals surface area contributed by atoms with E-state index in [4.69, 9.17) is 9.79 Å². The number of anilines is 1. The Morgan fingerprint density at radius 3 is 2.89 bits per heavy atom. The van der Waals surface area contributed by atoms with Gasteiger partial charge in [0.25, 0.3) is 0 Å². The van der Waals surface area contributed by atoms with Crippen LogP contribution in [0.15, 0.2) is 11.0 Å². The summed E-state index contributed by atoms with van der Waals surface area (Å²) in [7, 11) is -4.44. The average Bonchev–Trinajstić information content (AvgIpc) is 2.24. The van der Waals surface area contributed by atoms with Crippen LogP contribution in [0.1, 0.15) is 12.8 Å². The van der Waals surface area contributed by atoms with Crippen molar-refractivity contribution in [3.05, 3.63) is 22.5 Å². The van der Waals surface area contributed by atoms with Gasteiger partial charge in [0.1, 0.15) is 0 Å². The van der Waals surface area contributed by atoms with Gasteiger partial charge in [-0.3, -0.25) is 4.52 Å². The molecule has 0 spiro atoms. The van der Waals surface area contributed by atoms with Gasteiger partial charge in [0.15, 0.2) is 11.6 Å². The van der Waals surface area contributed by atoms with E-state index in [1.807, 2.05) is 0 Å². The number of halogens is 1. The molecule has 1 heterocycles. The number of rotatable bonds is 5. The third-order valence-electron chi connectivity index (χ3n) is 2.82. The Bertz CT molecular complexity index is 553. The first kappa shape index (κ1) is 14.1. The Labute approximate surface area is 107 Å². The number of phosphoric ester groups is 1. The second-order valence-corrected chi connectivity index (χ2v) is 5.61. The van der Waals surface area contributed by atoms with E-state index in [-0.39, 0.29) is 24.4 Å². The third kappa shape index (κ3) is 4.10. The van der Waals surface area contributed by atoms with Crippen molar-refractivity contribution in [2.24, 2.45) is 5.92 Å². The fourth-order valence-corrected chi connectivity index (χ4v) is 2.27. The molecule has 0 atom stereocenters. The smallest absolute Gasteiger partial charge is 0.365 e. The predicted octanol–water partition coefficient (Wildman–Crippen LogP) is 0.209. The van der Waals surface area contributed by atoms with Gasteiger partial charge in [-0.15, -0.1) is 0 Å². The van der Waals surface area contributed by atoms with Gasteiger partial charge in [-0.05, 0) is 18.8 Å². The summed E-state index contributed by atoms with van der Waals surface area (Å²) in [4.78, 5) is 33.5.